The van der Waals surface area contributed by atoms with Crippen LogP contribution in [0.2, 0.25) is 5.02 Å². The molecule has 0 fully saturated rings. The number of hydrogen-bond acceptors (Lipinski definition) is 5. The molecule has 1 amide bonds. The van der Waals surface area contributed by atoms with Crippen molar-refractivity contribution in [1.82, 2.24) is 4.90 Å². The summed E-state index contributed by atoms with van der Waals surface area (Å²) in [6, 6.07) is 13.5. The maximum atomic E-state index is 12.2. The molecule has 0 aromatic heterocycles. The second kappa shape index (κ2) is 9.60. The minimum absolute atomic E-state index is 0.0799. The molecule has 2 aromatic rings. The van der Waals surface area contributed by atoms with E-state index >= 15 is 0 Å². The van der Waals surface area contributed by atoms with E-state index in [0.29, 0.717) is 18.0 Å². The Morgan fingerprint density at radius 3 is 2.45 bits per heavy atom. The predicted molar refractivity (Wildman–Crippen MR) is 111 cm³/mol. The highest BCUT2D eigenvalue weighted by Gasteiger charge is 2.24. The molecule has 29 heavy (non-hydrogen) atoms. The van der Waals surface area contributed by atoms with Crippen LogP contribution in [0.15, 0.2) is 48.5 Å². The third-order valence-electron chi connectivity index (χ3n) is 3.99. The Kier molecular flexibility index (Phi) is 7.45. The van der Waals surface area contributed by atoms with E-state index in [1.807, 2.05) is 30.3 Å². The number of carbonyl (C=O) groups excluding carboxylic acids is 1. The molecule has 0 aliphatic heterocycles. The molecule has 156 valence electrons. The van der Waals surface area contributed by atoms with Crippen molar-refractivity contribution in [3.05, 3.63) is 69.2 Å². The maximum Gasteiger partial charge on any atom is 0.410 e. The summed E-state index contributed by atoms with van der Waals surface area (Å²) in [7, 11) is 1.64. The summed E-state index contributed by atoms with van der Waals surface area (Å²) in [4.78, 5) is 24.5. The molecule has 0 unspecified atom stereocenters. The molecule has 2 aromatic carbocycles. The molecule has 2 rings (SSSR count). The second-order valence-corrected chi connectivity index (χ2v) is 8.01. The van der Waals surface area contributed by atoms with Crippen molar-refractivity contribution in [2.45, 2.75) is 38.9 Å². The zero-order valence-corrected chi connectivity index (χ0v) is 17.7. The molecule has 0 spiro atoms. The lowest BCUT2D eigenvalue weighted by Crippen LogP contribution is -2.35. The number of rotatable bonds is 7. The van der Waals surface area contributed by atoms with Crippen LogP contribution in [0.5, 0.6) is 5.75 Å². The lowest BCUT2D eigenvalue weighted by molar-refractivity contribution is -0.386. The van der Waals surface area contributed by atoms with Crippen molar-refractivity contribution in [3.63, 3.8) is 0 Å². The van der Waals surface area contributed by atoms with Crippen molar-refractivity contribution >= 4 is 23.4 Å². The van der Waals surface area contributed by atoms with E-state index in [-0.39, 0.29) is 11.4 Å². The number of hydrogen-bond donors (Lipinski definition) is 0. The van der Waals surface area contributed by atoms with Gasteiger partial charge in [-0.15, -0.1) is 0 Å². The minimum Gasteiger partial charge on any atom is -0.479 e. The molecule has 0 aliphatic rings. The smallest absolute Gasteiger partial charge is 0.410 e. The molecule has 1 atom stereocenters. The van der Waals surface area contributed by atoms with Gasteiger partial charge >= 0.3 is 11.8 Å². The first-order valence-electron chi connectivity index (χ1n) is 9.16. The summed E-state index contributed by atoms with van der Waals surface area (Å²) in [5.74, 6) is 0.0799. The number of amides is 1. The molecular weight excluding hydrogens is 396 g/mol. The van der Waals surface area contributed by atoms with Crippen molar-refractivity contribution in [2.75, 3.05) is 13.6 Å². The van der Waals surface area contributed by atoms with Gasteiger partial charge < -0.3 is 14.4 Å². The predicted octanol–water partition coefficient (Wildman–Crippen LogP) is 5.63. The zero-order valence-electron chi connectivity index (χ0n) is 16.9. The molecule has 0 N–H and O–H groups in total. The molecule has 0 saturated heterocycles. The van der Waals surface area contributed by atoms with Gasteiger partial charge in [-0.2, -0.15) is 0 Å². The van der Waals surface area contributed by atoms with Crippen LogP contribution in [0.25, 0.3) is 0 Å². The average molecular weight is 421 g/mol. The van der Waals surface area contributed by atoms with Crippen molar-refractivity contribution in [1.29, 1.82) is 0 Å². The van der Waals surface area contributed by atoms with Crippen LogP contribution < -0.4 is 4.74 Å². The van der Waals surface area contributed by atoms with Gasteiger partial charge in [0.25, 0.3) is 0 Å². The Labute approximate surface area is 175 Å². The molecule has 7 nitrogen and oxygen atoms in total. The van der Waals surface area contributed by atoms with Gasteiger partial charge in [-0.05, 0) is 32.4 Å². The van der Waals surface area contributed by atoms with Gasteiger partial charge in [0.05, 0.1) is 4.92 Å². The van der Waals surface area contributed by atoms with E-state index in [9.17, 15) is 14.9 Å². The van der Waals surface area contributed by atoms with Crippen molar-refractivity contribution in [3.8, 4) is 5.75 Å². The van der Waals surface area contributed by atoms with Gasteiger partial charge in [-0.3, -0.25) is 10.1 Å². The third-order valence-corrected chi connectivity index (χ3v) is 4.23. The van der Waals surface area contributed by atoms with Gasteiger partial charge in [0.15, 0.2) is 5.75 Å². The zero-order chi connectivity index (χ0) is 21.6. The molecule has 0 saturated carbocycles. The fourth-order valence-corrected chi connectivity index (χ4v) is 2.75. The number of benzene rings is 2. The topological polar surface area (TPSA) is 81.9 Å². The van der Waals surface area contributed by atoms with E-state index < -0.39 is 22.7 Å². The molecule has 0 bridgehead atoms. The highest BCUT2D eigenvalue weighted by molar-refractivity contribution is 6.30. The minimum atomic E-state index is -0.595. The summed E-state index contributed by atoms with van der Waals surface area (Å²) < 4.78 is 11.4. The lowest BCUT2D eigenvalue weighted by Gasteiger charge is -2.26. The highest BCUT2D eigenvalue weighted by Crippen LogP contribution is 2.34. The highest BCUT2D eigenvalue weighted by atomic mass is 35.5. The largest absolute Gasteiger partial charge is 0.479 e. The van der Waals surface area contributed by atoms with Gasteiger partial charge in [0.2, 0.25) is 0 Å². The van der Waals surface area contributed by atoms with Crippen molar-refractivity contribution in [2.24, 2.45) is 0 Å². The fourth-order valence-electron chi connectivity index (χ4n) is 2.59. The first kappa shape index (κ1) is 22.5. The second-order valence-electron chi connectivity index (χ2n) is 7.58. The number of nitro groups is 1. The van der Waals surface area contributed by atoms with E-state index in [4.69, 9.17) is 21.1 Å². The number of carbonyl (C=O) groups is 1. The molecule has 0 aliphatic carbocycles. The van der Waals surface area contributed by atoms with Crippen LogP contribution in [-0.2, 0) is 4.74 Å². The molecule has 0 radical (unpaired) electrons. The normalized spacial score (nSPS) is 12.2. The summed E-state index contributed by atoms with van der Waals surface area (Å²) in [5.41, 5.74) is 0.0670. The van der Waals surface area contributed by atoms with Gasteiger partial charge in [0, 0.05) is 37.2 Å². The van der Waals surface area contributed by atoms with Gasteiger partial charge in [0.1, 0.15) is 11.7 Å². The lowest BCUT2D eigenvalue weighted by atomic mass is 10.1. The number of halogens is 1. The Balaban J connectivity index is 2.21. The van der Waals surface area contributed by atoms with E-state index in [2.05, 4.69) is 0 Å². The van der Waals surface area contributed by atoms with Crippen LogP contribution in [0.4, 0.5) is 10.5 Å². The SMILES string of the molecule is CN(CC[C@@H](Oc1cc(Cl)ccc1[N+](=O)[O-])c1ccccc1)C(=O)OC(C)(C)C. The quantitative estimate of drug-likeness (QED) is 0.428. The first-order valence-corrected chi connectivity index (χ1v) is 9.54. The third kappa shape index (κ3) is 6.94. The number of nitrogens with zero attached hydrogens (tertiary/aromatic N) is 2. The van der Waals surface area contributed by atoms with Crippen LogP contribution in [-0.4, -0.2) is 35.1 Å². The molecule has 0 heterocycles. The standard InChI is InChI=1S/C21H25ClN2O5/c1-21(2,3)29-20(25)23(4)13-12-18(15-8-6-5-7-9-15)28-19-14-16(22)10-11-17(19)24(26)27/h5-11,14,18H,12-13H2,1-4H3/t18-/m1/s1. The van der Waals surface area contributed by atoms with Crippen LogP contribution in [0.1, 0.15) is 38.9 Å². The Morgan fingerprint density at radius 1 is 1.21 bits per heavy atom. The van der Waals surface area contributed by atoms with Gasteiger partial charge in [-0.25, -0.2) is 4.79 Å². The summed E-state index contributed by atoms with van der Waals surface area (Å²) in [6.07, 6.45) is -0.556. The Morgan fingerprint density at radius 2 is 1.86 bits per heavy atom. The average Bonchev–Trinajstić information content (AvgIpc) is 2.64. The fraction of sp³-hybridized carbons (Fsp3) is 0.381. The van der Waals surface area contributed by atoms with Crippen molar-refractivity contribution < 1.29 is 19.2 Å². The monoisotopic (exact) mass is 420 g/mol. The van der Waals surface area contributed by atoms with Crippen LogP contribution in [0.3, 0.4) is 0 Å². The summed E-state index contributed by atoms with van der Waals surface area (Å²) >= 11 is 6.01. The Hall–Kier alpha value is -2.80. The van der Waals surface area contributed by atoms with E-state index in [1.54, 1.807) is 27.8 Å². The van der Waals surface area contributed by atoms with Crippen LogP contribution in [0, 0.1) is 10.1 Å². The van der Waals surface area contributed by atoms with E-state index in [1.165, 1.54) is 23.1 Å². The molecule has 8 heteroatoms. The molecular formula is C21H25ClN2O5. The van der Waals surface area contributed by atoms with Crippen LogP contribution >= 0.6 is 11.6 Å². The van der Waals surface area contributed by atoms with Gasteiger partial charge in [-0.1, -0.05) is 41.9 Å². The number of ether oxygens (including phenoxy) is 2. The number of nitro benzene ring substituents is 1. The Bertz CT molecular complexity index is 852. The summed E-state index contributed by atoms with van der Waals surface area (Å²) in [6.45, 7) is 5.73. The van der Waals surface area contributed by atoms with E-state index in [0.717, 1.165) is 5.56 Å². The first-order chi connectivity index (χ1) is 13.6. The maximum absolute atomic E-state index is 12.2. The summed E-state index contributed by atoms with van der Waals surface area (Å²) in [5, 5.41) is 11.7.